The lowest BCUT2D eigenvalue weighted by Gasteiger charge is -2.17. The fourth-order valence-electron chi connectivity index (χ4n) is 6.28. The number of rotatable bonds is 5. The molecule has 0 radical (unpaired) electrons. The van der Waals surface area contributed by atoms with Crippen LogP contribution in [0.15, 0.2) is 18.2 Å². The minimum atomic E-state index is -1.02. The van der Waals surface area contributed by atoms with E-state index < -0.39 is 30.3 Å². The Bertz CT molecular complexity index is 1450. The Hall–Kier alpha value is -2.86. The number of amides is 1. The van der Waals surface area contributed by atoms with Crippen LogP contribution in [-0.4, -0.2) is 87.8 Å². The largest absolute Gasteiger partial charge is 0.456 e. The molecule has 39 heavy (non-hydrogen) atoms. The molecule has 9 nitrogen and oxygen atoms in total. The predicted octanol–water partition coefficient (Wildman–Crippen LogP) is 3.11. The molecule has 0 spiro atoms. The van der Waals surface area contributed by atoms with E-state index >= 15 is 4.39 Å². The summed E-state index contributed by atoms with van der Waals surface area (Å²) in [6, 6.07) is 4.99. The van der Waals surface area contributed by atoms with Gasteiger partial charge in [-0.2, -0.15) is 4.98 Å². The lowest BCUT2D eigenvalue weighted by atomic mass is 9.94. The molecule has 7 rings (SSSR count). The molecule has 3 fully saturated rings. The number of aliphatic hydroxyl groups excluding tert-OH is 1. The molecule has 0 bridgehead atoms. The number of ether oxygens (including phenoxy) is 3. The maximum atomic E-state index is 15.3. The summed E-state index contributed by atoms with van der Waals surface area (Å²) in [6.45, 7) is 0.882. The molecule has 3 aliphatic heterocycles. The second-order valence-electron chi connectivity index (χ2n) is 10.8. The quantitative estimate of drug-likeness (QED) is 0.493. The number of nitrogens with one attached hydrogen (secondary N) is 1. The lowest BCUT2D eigenvalue weighted by molar-refractivity contribution is 0.00706. The summed E-state index contributed by atoms with van der Waals surface area (Å²) in [5.41, 5.74) is 3.25. The number of benzene rings is 1. The summed E-state index contributed by atoms with van der Waals surface area (Å²) < 4.78 is 46.1. The molecule has 5 heterocycles. The highest BCUT2D eigenvalue weighted by atomic mass is 35.5. The Balaban J connectivity index is 1.09. The van der Waals surface area contributed by atoms with Crippen LogP contribution in [0.5, 0.6) is 6.01 Å². The molecule has 6 atom stereocenters. The number of hydrogen-bond donors (Lipinski definition) is 2. The number of imidazole rings is 1. The number of aromatic nitrogens is 3. The highest BCUT2D eigenvalue weighted by Gasteiger charge is 2.48. The van der Waals surface area contributed by atoms with Crippen LogP contribution in [0.3, 0.4) is 0 Å². The van der Waals surface area contributed by atoms with Gasteiger partial charge >= 0.3 is 0 Å². The zero-order valence-electron chi connectivity index (χ0n) is 20.9. The molecule has 206 valence electrons. The van der Waals surface area contributed by atoms with E-state index in [-0.39, 0.29) is 49.3 Å². The molecule has 0 saturated carbocycles. The van der Waals surface area contributed by atoms with Crippen molar-refractivity contribution in [2.75, 3.05) is 26.3 Å². The highest BCUT2D eigenvalue weighted by molar-refractivity contribution is 6.31. The summed E-state index contributed by atoms with van der Waals surface area (Å²) >= 11 is 6.57. The Morgan fingerprint density at radius 1 is 1.21 bits per heavy atom. The van der Waals surface area contributed by atoms with Gasteiger partial charge in [0.25, 0.3) is 11.9 Å². The molecule has 2 N–H and O–H groups in total. The van der Waals surface area contributed by atoms with Crippen molar-refractivity contribution in [2.45, 2.75) is 62.2 Å². The second-order valence-corrected chi connectivity index (χ2v) is 11.2. The van der Waals surface area contributed by atoms with Gasteiger partial charge in [-0.3, -0.25) is 4.79 Å². The first-order valence-electron chi connectivity index (χ1n) is 13.2. The number of fused-ring (bicyclic) bond motifs is 3. The topological polar surface area (TPSA) is 110 Å². The summed E-state index contributed by atoms with van der Waals surface area (Å²) in [6.07, 6.45) is -0.837. The van der Waals surface area contributed by atoms with Crippen molar-refractivity contribution in [1.29, 1.82) is 0 Å². The van der Waals surface area contributed by atoms with Gasteiger partial charge in [0.15, 0.2) is 11.8 Å². The number of aromatic amines is 1. The molecule has 4 aliphatic rings. The van der Waals surface area contributed by atoms with Crippen LogP contribution in [0.1, 0.15) is 45.9 Å². The van der Waals surface area contributed by atoms with Crippen molar-refractivity contribution in [2.24, 2.45) is 0 Å². The molecule has 1 unspecified atom stereocenters. The van der Waals surface area contributed by atoms with Crippen LogP contribution >= 0.6 is 11.6 Å². The second kappa shape index (κ2) is 9.65. The fourth-order valence-corrected chi connectivity index (χ4v) is 6.51. The van der Waals surface area contributed by atoms with Crippen LogP contribution in [0.25, 0.3) is 11.2 Å². The third kappa shape index (κ3) is 4.45. The van der Waals surface area contributed by atoms with Crippen molar-refractivity contribution in [1.82, 2.24) is 19.9 Å². The minimum Gasteiger partial charge on any atom is -0.456 e. The Labute approximate surface area is 227 Å². The van der Waals surface area contributed by atoms with Crippen molar-refractivity contribution in [3.63, 3.8) is 0 Å². The first kappa shape index (κ1) is 25.1. The first-order chi connectivity index (χ1) is 18.8. The summed E-state index contributed by atoms with van der Waals surface area (Å²) in [5.74, 6) is -0.914. The van der Waals surface area contributed by atoms with E-state index in [2.05, 4.69) is 15.0 Å². The first-order valence-corrected chi connectivity index (χ1v) is 13.6. The van der Waals surface area contributed by atoms with Gasteiger partial charge < -0.3 is 29.2 Å². The van der Waals surface area contributed by atoms with Crippen molar-refractivity contribution in [3.8, 4) is 6.01 Å². The van der Waals surface area contributed by atoms with Gasteiger partial charge in [-0.05, 0) is 60.9 Å². The summed E-state index contributed by atoms with van der Waals surface area (Å²) in [4.78, 5) is 26.4. The van der Waals surface area contributed by atoms with E-state index in [4.69, 9.17) is 25.8 Å². The van der Waals surface area contributed by atoms with E-state index in [0.29, 0.717) is 59.7 Å². The van der Waals surface area contributed by atoms with Crippen LogP contribution in [0, 0.1) is 5.82 Å². The fraction of sp³-hybridized carbons (Fsp3) is 0.519. The van der Waals surface area contributed by atoms with E-state index in [1.165, 1.54) is 11.0 Å². The molecular weight excluding hydrogens is 534 g/mol. The number of alkyl halides is 1. The number of halogens is 3. The molecule has 12 heteroatoms. The number of H-pyrrole nitrogens is 1. The maximum Gasteiger partial charge on any atom is 0.296 e. The summed E-state index contributed by atoms with van der Waals surface area (Å²) in [7, 11) is 0. The highest BCUT2D eigenvalue weighted by Crippen LogP contribution is 2.39. The SMILES string of the molecule is O=C(c1cc(F)c2c(c1)CCC2Cc1nc2nc(O[C@@H]3CO[C@H]4[C@@H]3OC[C@H]4O)[nH]c2cc1Cl)N1CC[C@H](F)C1. The molecular formula is C27H27ClF2N4O5. The monoisotopic (exact) mass is 560 g/mol. The molecule has 1 aliphatic carbocycles. The van der Waals surface area contributed by atoms with Crippen LogP contribution in [-0.2, 0) is 22.3 Å². The van der Waals surface area contributed by atoms with E-state index in [1.54, 1.807) is 12.1 Å². The van der Waals surface area contributed by atoms with Crippen LogP contribution < -0.4 is 4.74 Å². The molecule has 2 aromatic heterocycles. The number of aryl methyl sites for hydroxylation is 1. The van der Waals surface area contributed by atoms with Gasteiger partial charge in [0.2, 0.25) is 0 Å². The number of pyridine rings is 1. The van der Waals surface area contributed by atoms with Gasteiger partial charge in [-0.1, -0.05) is 11.6 Å². The zero-order chi connectivity index (χ0) is 26.8. The average Bonchev–Trinajstić information content (AvgIpc) is 3.72. The normalized spacial score (nSPS) is 29.8. The number of hydrogen-bond acceptors (Lipinski definition) is 7. The van der Waals surface area contributed by atoms with Crippen molar-refractivity contribution in [3.05, 3.63) is 51.4 Å². The minimum absolute atomic E-state index is 0.0548. The van der Waals surface area contributed by atoms with Crippen molar-refractivity contribution >= 4 is 28.7 Å². The predicted molar refractivity (Wildman–Crippen MR) is 135 cm³/mol. The van der Waals surface area contributed by atoms with Crippen LogP contribution in [0.2, 0.25) is 5.02 Å². The Kier molecular flexibility index (Phi) is 6.22. The molecule has 3 saturated heterocycles. The summed E-state index contributed by atoms with van der Waals surface area (Å²) in [5, 5.41) is 10.4. The van der Waals surface area contributed by atoms with Gasteiger partial charge in [-0.25, -0.2) is 13.8 Å². The smallest absolute Gasteiger partial charge is 0.296 e. The van der Waals surface area contributed by atoms with Crippen LogP contribution in [0.4, 0.5) is 8.78 Å². The third-order valence-corrected chi connectivity index (χ3v) is 8.54. The average molecular weight is 561 g/mol. The number of carbonyl (C=O) groups excluding carboxylic acids is 1. The molecule has 1 aromatic carbocycles. The Morgan fingerprint density at radius 2 is 2.05 bits per heavy atom. The van der Waals surface area contributed by atoms with Gasteiger partial charge in [0.05, 0.1) is 36.0 Å². The standard InChI is InChI=1S/C27H27ClF2N4O5/c28-16-8-19-25(33-27(32-19)39-21-11-38-23-20(35)10-37-24(21)23)31-18(16)7-13-2-1-12-5-14(6-17(30)22(12)13)26(36)34-4-3-15(29)9-34/h5-6,8,13,15,20-21,23-24,35H,1-4,7,9-11H2,(H,31,32,33)/t13?,15-,20+,21+,23+,24+/m0/s1. The number of aliphatic hydroxyl groups is 1. The number of carbonyl (C=O) groups is 1. The number of nitrogens with zero attached hydrogens (tertiary/aromatic N) is 3. The third-order valence-electron chi connectivity index (χ3n) is 8.21. The van der Waals surface area contributed by atoms with E-state index in [0.717, 1.165) is 5.56 Å². The lowest BCUT2D eigenvalue weighted by Crippen LogP contribution is -2.34. The molecule has 3 aromatic rings. The number of likely N-dealkylation sites (tertiary alicyclic amines) is 1. The van der Waals surface area contributed by atoms with Gasteiger partial charge in [0, 0.05) is 12.1 Å². The van der Waals surface area contributed by atoms with Gasteiger partial charge in [0.1, 0.15) is 30.3 Å². The molecule has 1 amide bonds. The Morgan fingerprint density at radius 3 is 2.87 bits per heavy atom. The van der Waals surface area contributed by atoms with Crippen molar-refractivity contribution < 1.29 is 32.9 Å². The zero-order valence-corrected chi connectivity index (χ0v) is 21.7. The van der Waals surface area contributed by atoms with E-state index in [1.807, 2.05) is 0 Å². The van der Waals surface area contributed by atoms with E-state index in [9.17, 15) is 14.3 Å². The van der Waals surface area contributed by atoms with Gasteiger partial charge in [-0.15, -0.1) is 0 Å². The maximum absolute atomic E-state index is 15.3.